The van der Waals surface area contributed by atoms with E-state index in [0.29, 0.717) is 11.2 Å². The van der Waals surface area contributed by atoms with E-state index >= 15 is 0 Å². The minimum Gasteiger partial charge on any atom is -0.481 e. The van der Waals surface area contributed by atoms with Gasteiger partial charge in [-0.05, 0) is 23.2 Å². The first kappa shape index (κ1) is 8.96. The molecule has 0 bridgehead atoms. The number of pyridine rings is 1. The van der Waals surface area contributed by atoms with Gasteiger partial charge in [-0.3, -0.25) is 9.20 Å². The Balaban J connectivity index is 2.49. The van der Waals surface area contributed by atoms with Crippen LogP contribution in [-0.2, 0) is 11.2 Å². The zero-order chi connectivity index (χ0) is 10.1. The van der Waals surface area contributed by atoms with E-state index in [1.165, 1.54) is 0 Å². The number of carboxylic acids is 1. The zero-order valence-electron chi connectivity index (χ0n) is 7.01. The minimum atomic E-state index is -0.881. The summed E-state index contributed by atoms with van der Waals surface area (Å²) in [4.78, 5) is 10.5. The second-order valence-corrected chi connectivity index (χ2v) is 3.14. The Morgan fingerprint density at radius 3 is 3.00 bits per heavy atom. The fraction of sp³-hybridized carbons (Fsp3) is 0.125. The Hall–Kier alpha value is -1.62. The third kappa shape index (κ3) is 1.54. The summed E-state index contributed by atoms with van der Waals surface area (Å²) in [6.45, 7) is 0. The first-order valence-electron chi connectivity index (χ1n) is 3.88. The second-order valence-electron chi connectivity index (χ2n) is 2.81. The number of nitrogens with zero attached hydrogens (tertiary/aromatic N) is 3. The molecule has 0 radical (unpaired) electrons. The van der Waals surface area contributed by atoms with E-state index in [-0.39, 0.29) is 11.7 Å². The van der Waals surface area contributed by atoms with Crippen molar-refractivity contribution in [3.8, 4) is 0 Å². The Labute approximate surface area is 83.9 Å². The average molecular weight is 212 g/mol. The molecule has 0 atom stereocenters. The van der Waals surface area contributed by atoms with Gasteiger partial charge in [0, 0.05) is 6.20 Å². The summed E-state index contributed by atoms with van der Waals surface area (Å²) in [6.07, 6.45) is 1.58. The van der Waals surface area contributed by atoms with Crippen molar-refractivity contribution in [1.29, 1.82) is 0 Å². The van der Waals surface area contributed by atoms with Gasteiger partial charge >= 0.3 is 5.97 Å². The van der Waals surface area contributed by atoms with Gasteiger partial charge in [-0.2, -0.15) is 0 Å². The Bertz CT molecular complexity index is 494. The number of hydrogen-bond acceptors (Lipinski definition) is 3. The number of rotatable bonds is 2. The van der Waals surface area contributed by atoms with Crippen molar-refractivity contribution in [3.05, 3.63) is 29.2 Å². The van der Waals surface area contributed by atoms with Crippen molar-refractivity contribution in [2.45, 2.75) is 6.42 Å². The largest absolute Gasteiger partial charge is 0.481 e. The highest BCUT2D eigenvalue weighted by Crippen LogP contribution is 2.10. The molecule has 6 heteroatoms. The maximum absolute atomic E-state index is 10.5. The van der Waals surface area contributed by atoms with Crippen molar-refractivity contribution in [2.75, 3.05) is 0 Å². The lowest BCUT2D eigenvalue weighted by atomic mass is 10.2. The predicted octanol–water partition coefficient (Wildman–Crippen LogP) is 1.01. The van der Waals surface area contributed by atoms with Gasteiger partial charge in [0.1, 0.15) is 0 Å². The van der Waals surface area contributed by atoms with E-state index in [4.69, 9.17) is 16.7 Å². The smallest absolute Gasteiger partial charge is 0.307 e. The molecule has 0 aromatic carbocycles. The number of aromatic nitrogens is 3. The first-order valence-corrected chi connectivity index (χ1v) is 4.25. The molecule has 72 valence electrons. The third-order valence-electron chi connectivity index (χ3n) is 1.78. The molecule has 0 aliphatic rings. The summed E-state index contributed by atoms with van der Waals surface area (Å²) in [5.41, 5.74) is 1.26. The lowest BCUT2D eigenvalue weighted by Crippen LogP contribution is -2.01. The van der Waals surface area contributed by atoms with Gasteiger partial charge in [-0.15, -0.1) is 10.2 Å². The summed E-state index contributed by atoms with van der Waals surface area (Å²) in [7, 11) is 0. The fourth-order valence-electron chi connectivity index (χ4n) is 1.19. The Morgan fingerprint density at radius 2 is 2.29 bits per heavy atom. The van der Waals surface area contributed by atoms with Crippen molar-refractivity contribution in [1.82, 2.24) is 14.6 Å². The molecule has 2 heterocycles. The molecule has 2 rings (SSSR count). The van der Waals surface area contributed by atoms with Crippen LogP contribution in [0.2, 0.25) is 5.28 Å². The highest BCUT2D eigenvalue weighted by molar-refractivity contribution is 6.28. The van der Waals surface area contributed by atoms with Gasteiger partial charge in [0.15, 0.2) is 5.65 Å². The van der Waals surface area contributed by atoms with Gasteiger partial charge < -0.3 is 5.11 Å². The second kappa shape index (κ2) is 3.26. The molecule has 0 amide bonds. The highest BCUT2D eigenvalue weighted by Gasteiger charge is 2.05. The quantitative estimate of drug-likeness (QED) is 0.805. The van der Waals surface area contributed by atoms with Crippen LogP contribution < -0.4 is 0 Å². The van der Waals surface area contributed by atoms with Crippen LogP contribution in [-0.4, -0.2) is 25.7 Å². The SMILES string of the molecule is O=C(O)Cc1ccc2nnc(Cl)n2c1. The molecule has 0 aliphatic heterocycles. The van der Waals surface area contributed by atoms with Gasteiger partial charge in [0.25, 0.3) is 0 Å². The van der Waals surface area contributed by atoms with E-state index < -0.39 is 5.97 Å². The van der Waals surface area contributed by atoms with E-state index in [9.17, 15) is 4.79 Å². The van der Waals surface area contributed by atoms with Crippen LogP contribution in [0, 0.1) is 0 Å². The number of carbonyl (C=O) groups is 1. The van der Waals surface area contributed by atoms with E-state index in [2.05, 4.69) is 10.2 Å². The van der Waals surface area contributed by atoms with Crippen molar-refractivity contribution in [3.63, 3.8) is 0 Å². The summed E-state index contributed by atoms with van der Waals surface area (Å²) in [5.74, 6) is -0.881. The molecule has 0 fully saturated rings. The minimum absolute atomic E-state index is 0.0373. The van der Waals surface area contributed by atoms with Crippen LogP contribution in [0.5, 0.6) is 0 Å². The number of halogens is 1. The lowest BCUT2D eigenvalue weighted by molar-refractivity contribution is -0.136. The van der Waals surface area contributed by atoms with Crippen molar-refractivity contribution in [2.24, 2.45) is 0 Å². The fourth-order valence-corrected chi connectivity index (χ4v) is 1.36. The van der Waals surface area contributed by atoms with Crippen molar-refractivity contribution < 1.29 is 9.90 Å². The van der Waals surface area contributed by atoms with Crippen LogP contribution in [0.1, 0.15) is 5.56 Å². The van der Waals surface area contributed by atoms with Crippen LogP contribution in [0.3, 0.4) is 0 Å². The third-order valence-corrected chi connectivity index (χ3v) is 2.04. The van der Waals surface area contributed by atoms with Crippen LogP contribution >= 0.6 is 11.6 Å². The van der Waals surface area contributed by atoms with Gasteiger partial charge in [0.2, 0.25) is 5.28 Å². The molecule has 2 aromatic heterocycles. The number of carboxylic acid groups (broad SMARTS) is 1. The van der Waals surface area contributed by atoms with Gasteiger partial charge in [-0.1, -0.05) is 6.07 Å². The molecule has 5 nitrogen and oxygen atoms in total. The molecule has 0 aliphatic carbocycles. The molecule has 0 saturated carbocycles. The Kier molecular flexibility index (Phi) is 2.09. The van der Waals surface area contributed by atoms with Gasteiger partial charge in [-0.25, -0.2) is 0 Å². The highest BCUT2D eigenvalue weighted by atomic mass is 35.5. The normalized spacial score (nSPS) is 10.6. The van der Waals surface area contributed by atoms with Crippen LogP contribution in [0.25, 0.3) is 5.65 Å². The molecular weight excluding hydrogens is 206 g/mol. The maximum atomic E-state index is 10.5. The zero-order valence-corrected chi connectivity index (χ0v) is 7.77. The summed E-state index contributed by atoms with van der Waals surface area (Å²) in [5, 5.41) is 16.2. The Morgan fingerprint density at radius 1 is 1.50 bits per heavy atom. The number of fused-ring (bicyclic) bond motifs is 1. The maximum Gasteiger partial charge on any atom is 0.307 e. The first-order chi connectivity index (χ1) is 6.66. The summed E-state index contributed by atoms with van der Waals surface area (Å²) in [6, 6.07) is 3.37. The molecule has 0 unspecified atom stereocenters. The number of aliphatic carboxylic acids is 1. The van der Waals surface area contributed by atoms with Gasteiger partial charge in [0.05, 0.1) is 6.42 Å². The summed E-state index contributed by atoms with van der Waals surface area (Å²) < 4.78 is 1.54. The standard InChI is InChI=1S/C8H6ClN3O2/c9-8-11-10-6-2-1-5(3-7(13)14)4-12(6)8/h1-2,4H,3H2,(H,13,14). The molecule has 0 spiro atoms. The monoisotopic (exact) mass is 211 g/mol. The molecule has 1 N–H and O–H groups in total. The number of hydrogen-bond donors (Lipinski definition) is 1. The molecule has 2 aromatic rings. The van der Waals surface area contributed by atoms with E-state index in [1.54, 1.807) is 22.7 Å². The molecule has 0 saturated heterocycles. The lowest BCUT2D eigenvalue weighted by Gasteiger charge is -1.98. The summed E-state index contributed by atoms with van der Waals surface area (Å²) >= 11 is 5.72. The van der Waals surface area contributed by atoms with Crippen LogP contribution in [0.4, 0.5) is 0 Å². The molecular formula is C8H6ClN3O2. The molecule has 14 heavy (non-hydrogen) atoms. The van der Waals surface area contributed by atoms with E-state index in [0.717, 1.165) is 0 Å². The topological polar surface area (TPSA) is 67.5 Å². The predicted molar refractivity (Wildman–Crippen MR) is 49.3 cm³/mol. The average Bonchev–Trinajstić information content (AvgIpc) is 2.47. The van der Waals surface area contributed by atoms with E-state index in [1.807, 2.05) is 0 Å². The van der Waals surface area contributed by atoms with Crippen LogP contribution in [0.15, 0.2) is 18.3 Å². The van der Waals surface area contributed by atoms with Crippen molar-refractivity contribution >= 4 is 23.2 Å².